The Labute approximate surface area is 381 Å². The zero-order valence-electron chi connectivity index (χ0n) is 40.8. The molecule has 0 aromatic carbocycles. The molecule has 0 radical (unpaired) electrons. The highest BCUT2D eigenvalue weighted by atomic mass is 16.6. The van der Waals surface area contributed by atoms with Crippen LogP contribution in [0.15, 0.2) is 60.8 Å². The predicted octanol–water partition coefficient (Wildman–Crippen LogP) is 14.5. The summed E-state index contributed by atoms with van der Waals surface area (Å²) in [5.41, 5.74) is 0. The molecule has 0 aromatic rings. The number of carbonyl (C=O) groups excluding carboxylic acids is 2. The maximum absolute atomic E-state index is 12.8. The van der Waals surface area contributed by atoms with Crippen molar-refractivity contribution in [1.82, 2.24) is 0 Å². The predicted molar refractivity (Wildman–Crippen MR) is 261 cm³/mol. The Hall–Kier alpha value is -2.97. The Kier molecular flexibility index (Phi) is 42.5. The molecule has 8 nitrogen and oxygen atoms in total. The summed E-state index contributed by atoms with van der Waals surface area (Å²) in [6, 6.07) is -0.622. The number of aliphatic carboxylic acids is 1. The van der Waals surface area contributed by atoms with Crippen LogP contribution in [-0.2, 0) is 28.6 Å². The van der Waals surface area contributed by atoms with Gasteiger partial charge in [-0.05, 0) is 64.2 Å². The fourth-order valence-electron chi connectivity index (χ4n) is 7.28. The minimum Gasteiger partial charge on any atom is -0.477 e. The second-order valence-corrected chi connectivity index (χ2v) is 18.2. The molecule has 0 aromatic heterocycles. The lowest BCUT2D eigenvalue weighted by atomic mass is 10.1. The van der Waals surface area contributed by atoms with Gasteiger partial charge in [0.25, 0.3) is 0 Å². The third-order valence-electron chi connectivity index (χ3n) is 11.2. The van der Waals surface area contributed by atoms with Gasteiger partial charge >= 0.3 is 17.9 Å². The van der Waals surface area contributed by atoms with E-state index in [0.717, 1.165) is 64.2 Å². The van der Waals surface area contributed by atoms with E-state index in [1.165, 1.54) is 116 Å². The Balaban J connectivity index is 4.32. The molecule has 0 rings (SSSR count). The van der Waals surface area contributed by atoms with Crippen LogP contribution in [0.3, 0.4) is 0 Å². The minimum absolute atomic E-state index is 0.0500. The molecule has 0 aliphatic rings. The van der Waals surface area contributed by atoms with Gasteiger partial charge in [-0.25, -0.2) is 4.79 Å². The third kappa shape index (κ3) is 42.3. The Morgan fingerprint density at radius 3 is 1.34 bits per heavy atom. The summed E-state index contributed by atoms with van der Waals surface area (Å²) in [6.07, 6.45) is 55.5. The maximum atomic E-state index is 12.8. The van der Waals surface area contributed by atoms with Crippen LogP contribution in [0, 0.1) is 0 Å². The van der Waals surface area contributed by atoms with Gasteiger partial charge in [0, 0.05) is 19.3 Å². The van der Waals surface area contributed by atoms with Crippen molar-refractivity contribution >= 4 is 17.9 Å². The zero-order chi connectivity index (χ0) is 45.6. The van der Waals surface area contributed by atoms with Crippen LogP contribution in [0.5, 0.6) is 0 Å². The van der Waals surface area contributed by atoms with Gasteiger partial charge in [-0.2, -0.15) is 0 Å². The van der Waals surface area contributed by atoms with E-state index in [4.69, 9.17) is 14.2 Å². The van der Waals surface area contributed by atoms with E-state index in [1.807, 2.05) is 21.1 Å². The number of hydrogen-bond acceptors (Lipinski definition) is 6. The number of carboxylic acids is 1. The van der Waals surface area contributed by atoms with Crippen LogP contribution in [0.1, 0.15) is 213 Å². The van der Waals surface area contributed by atoms with Gasteiger partial charge in [-0.3, -0.25) is 9.59 Å². The van der Waals surface area contributed by atoms with E-state index in [-0.39, 0.29) is 36.2 Å². The summed E-state index contributed by atoms with van der Waals surface area (Å²) < 4.78 is 17.3. The van der Waals surface area contributed by atoms with Crippen molar-refractivity contribution in [2.75, 3.05) is 41.0 Å². The fraction of sp³-hybridized carbons (Fsp3) is 0.759. The number of rotatable bonds is 45. The number of nitrogens with zero attached hydrogens (tertiary/aromatic N) is 1. The Morgan fingerprint density at radius 2 is 0.871 bits per heavy atom. The van der Waals surface area contributed by atoms with E-state index >= 15 is 0 Å². The summed E-state index contributed by atoms with van der Waals surface area (Å²) in [5, 5.41) is 9.65. The first kappa shape index (κ1) is 59.0. The van der Waals surface area contributed by atoms with Crippen molar-refractivity contribution in [2.45, 2.75) is 225 Å². The number of quaternary nitrogens is 1. The molecule has 0 saturated heterocycles. The molecule has 358 valence electrons. The maximum Gasteiger partial charge on any atom is 0.362 e. The summed E-state index contributed by atoms with van der Waals surface area (Å²) in [5.74, 6) is -1.50. The lowest BCUT2D eigenvalue weighted by molar-refractivity contribution is -0.887. The van der Waals surface area contributed by atoms with Gasteiger partial charge in [0.05, 0.1) is 34.4 Å². The second kappa shape index (κ2) is 44.6. The van der Waals surface area contributed by atoms with E-state index in [0.29, 0.717) is 19.3 Å². The first-order valence-electron chi connectivity index (χ1n) is 25.4. The van der Waals surface area contributed by atoms with E-state index in [9.17, 15) is 19.5 Å². The fourth-order valence-corrected chi connectivity index (χ4v) is 7.28. The Bertz CT molecular complexity index is 1200. The van der Waals surface area contributed by atoms with Crippen LogP contribution >= 0.6 is 0 Å². The lowest BCUT2D eigenvalue weighted by Gasteiger charge is -2.31. The topological polar surface area (TPSA) is 99.1 Å². The number of likely N-dealkylation sites (N-methyl/N-ethyl adjacent to an activating group) is 1. The number of allylic oxidation sites excluding steroid dienone is 10. The van der Waals surface area contributed by atoms with Gasteiger partial charge in [0.1, 0.15) is 6.61 Å². The smallest absolute Gasteiger partial charge is 0.362 e. The van der Waals surface area contributed by atoms with Crippen molar-refractivity contribution in [3.63, 3.8) is 0 Å². The van der Waals surface area contributed by atoms with E-state index in [1.54, 1.807) is 0 Å². The highest BCUT2D eigenvalue weighted by Gasteiger charge is 2.31. The third-order valence-corrected chi connectivity index (χ3v) is 11.2. The van der Waals surface area contributed by atoms with Gasteiger partial charge in [-0.15, -0.1) is 0 Å². The minimum atomic E-state index is -0.880. The summed E-state index contributed by atoms with van der Waals surface area (Å²) >= 11 is 0. The van der Waals surface area contributed by atoms with Crippen molar-refractivity contribution < 1.29 is 38.2 Å². The largest absolute Gasteiger partial charge is 0.477 e. The van der Waals surface area contributed by atoms with Gasteiger partial charge in [-0.1, -0.05) is 190 Å². The molecule has 0 bridgehead atoms. The van der Waals surface area contributed by atoms with Crippen LogP contribution in [0.2, 0.25) is 0 Å². The first-order valence-corrected chi connectivity index (χ1v) is 25.4. The van der Waals surface area contributed by atoms with Crippen LogP contribution in [0.4, 0.5) is 0 Å². The zero-order valence-corrected chi connectivity index (χ0v) is 40.8. The van der Waals surface area contributed by atoms with Gasteiger partial charge in [0.2, 0.25) is 0 Å². The highest BCUT2D eigenvalue weighted by molar-refractivity contribution is 5.72. The number of esters is 2. The van der Waals surface area contributed by atoms with E-state index in [2.05, 4.69) is 74.6 Å². The molecule has 2 unspecified atom stereocenters. The monoisotopic (exact) mass is 871 g/mol. The van der Waals surface area contributed by atoms with Crippen LogP contribution in [0.25, 0.3) is 0 Å². The van der Waals surface area contributed by atoms with Gasteiger partial charge in [0.15, 0.2) is 12.1 Å². The van der Waals surface area contributed by atoms with Crippen molar-refractivity contribution in [3.05, 3.63) is 60.8 Å². The molecule has 0 amide bonds. The molecule has 0 fully saturated rings. The number of carboxylic acid groups (broad SMARTS) is 1. The molecule has 2 atom stereocenters. The quantitative estimate of drug-likeness (QED) is 0.0214. The molecule has 62 heavy (non-hydrogen) atoms. The number of hydrogen-bond donors (Lipinski definition) is 1. The molecule has 8 heteroatoms. The molecule has 0 aliphatic carbocycles. The molecule has 0 aliphatic heterocycles. The van der Waals surface area contributed by atoms with Crippen LogP contribution < -0.4 is 0 Å². The molecule has 1 N–H and O–H groups in total. The normalized spacial score (nSPS) is 13.4. The standard InChI is InChI=1S/C54H95NO7/c1-6-8-10-12-14-16-18-20-22-24-26-27-29-31-33-35-37-39-41-43-45-53(57)62-50(48-60-47-46-51(54(58)59)55(3,4)5)49-61-52(56)44-42-40-38-36-34-32-30-28-25-23-21-19-17-15-13-11-9-7-2/h15,17,19,21,23,25-28,30,50-51H,6-14,16,18,20,22,24,29,31-49H2,1-5H3/p+1/b17-15+,21-19+,25-23+,27-26+,30-28+. The number of ether oxygens (including phenoxy) is 3. The number of carbonyl (C=O) groups is 3. The Morgan fingerprint density at radius 1 is 0.484 bits per heavy atom. The highest BCUT2D eigenvalue weighted by Crippen LogP contribution is 2.15. The molecule has 0 saturated carbocycles. The number of unbranched alkanes of at least 4 members (excludes halogenated alkanes) is 24. The molecular weight excluding hydrogens is 775 g/mol. The van der Waals surface area contributed by atoms with Crippen LogP contribution in [-0.4, -0.2) is 80.6 Å². The second-order valence-electron chi connectivity index (χ2n) is 18.2. The lowest BCUT2D eigenvalue weighted by Crippen LogP contribution is -2.50. The van der Waals surface area contributed by atoms with Gasteiger partial charge < -0.3 is 23.8 Å². The summed E-state index contributed by atoms with van der Waals surface area (Å²) in [7, 11) is 5.52. The molecule has 0 spiro atoms. The van der Waals surface area contributed by atoms with E-state index < -0.39 is 18.1 Å². The molecular formula is C54H96NO7+. The molecule has 0 heterocycles. The van der Waals surface area contributed by atoms with Crippen molar-refractivity contribution in [3.8, 4) is 0 Å². The average Bonchev–Trinajstić information content (AvgIpc) is 3.23. The summed E-state index contributed by atoms with van der Waals surface area (Å²) in [4.78, 5) is 37.1. The SMILES string of the molecule is CCCCC/C=C/C=C/C=C/C=C/CCCCCCCC(=O)OCC(COCCC(C(=O)O)[N+](C)(C)C)OC(=O)CCCCCCCCC/C=C/CCCCCCCCCCC. The average molecular weight is 871 g/mol. The van der Waals surface area contributed by atoms with Crippen molar-refractivity contribution in [1.29, 1.82) is 0 Å². The summed E-state index contributed by atoms with van der Waals surface area (Å²) in [6.45, 7) is 4.68. The first-order chi connectivity index (χ1) is 30.1. The van der Waals surface area contributed by atoms with Crippen molar-refractivity contribution in [2.24, 2.45) is 0 Å².